The highest BCUT2D eigenvalue weighted by Crippen LogP contribution is 2.10. The third-order valence-electron chi connectivity index (χ3n) is 3.18. The third-order valence-corrected chi connectivity index (χ3v) is 3.18. The zero-order valence-corrected chi connectivity index (χ0v) is 12.6. The van der Waals surface area contributed by atoms with E-state index < -0.39 is 0 Å². The summed E-state index contributed by atoms with van der Waals surface area (Å²) < 4.78 is 4.82. The highest BCUT2D eigenvalue weighted by molar-refractivity contribution is 5.79. The lowest BCUT2D eigenvalue weighted by molar-refractivity contribution is 0.410. The summed E-state index contributed by atoms with van der Waals surface area (Å²) in [5.74, 6) is 0.784. The Morgan fingerprint density at radius 2 is 1.95 bits per heavy atom. The number of nitrogens with one attached hydrogen (secondary N) is 2. The van der Waals surface area contributed by atoms with Gasteiger partial charge >= 0.3 is 0 Å². The highest BCUT2D eigenvalue weighted by atomic mass is 16.5. The monoisotopic (exact) mass is 286 g/mol. The average molecular weight is 286 g/mol. The first-order valence-electron chi connectivity index (χ1n) is 7.31. The van der Waals surface area contributed by atoms with Crippen LogP contribution in [0.3, 0.4) is 0 Å². The first kappa shape index (κ1) is 15.1. The van der Waals surface area contributed by atoms with Crippen molar-refractivity contribution in [1.82, 2.24) is 15.8 Å². The summed E-state index contributed by atoms with van der Waals surface area (Å²) >= 11 is 0. The zero-order valence-electron chi connectivity index (χ0n) is 12.6. The molecule has 2 rings (SSSR count). The van der Waals surface area contributed by atoms with Crippen LogP contribution in [0.4, 0.5) is 0 Å². The molecule has 2 N–H and O–H groups in total. The molecule has 0 unspecified atom stereocenters. The number of benzene rings is 1. The van der Waals surface area contributed by atoms with E-state index in [1.54, 1.807) is 6.26 Å². The van der Waals surface area contributed by atoms with Crippen molar-refractivity contribution >= 4 is 5.96 Å². The Balaban J connectivity index is 1.99. The summed E-state index contributed by atoms with van der Waals surface area (Å²) in [5.41, 5.74) is 3.46. The Morgan fingerprint density at radius 1 is 1.14 bits per heavy atom. The lowest BCUT2D eigenvalue weighted by atomic mass is 10.1. The van der Waals surface area contributed by atoms with Crippen LogP contribution in [0.5, 0.6) is 0 Å². The van der Waals surface area contributed by atoms with Gasteiger partial charge in [-0.2, -0.15) is 0 Å². The molecule has 0 fully saturated rings. The number of hydrogen-bond acceptors (Lipinski definition) is 3. The third kappa shape index (κ3) is 4.63. The summed E-state index contributed by atoms with van der Waals surface area (Å²) in [6, 6.07) is 10.2. The van der Waals surface area contributed by atoms with Gasteiger partial charge in [-0.1, -0.05) is 36.3 Å². The molecule has 0 atom stereocenters. The van der Waals surface area contributed by atoms with Gasteiger partial charge in [0.25, 0.3) is 0 Å². The van der Waals surface area contributed by atoms with Gasteiger partial charge in [-0.05, 0) is 24.5 Å². The molecule has 5 nitrogen and oxygen atoms in total. The van der Waals surface area contributed by atoms with Crippen LogP contribution in [0.2, 0.25) is 0 Å². The smallest absolute Gasteiger partial charge is 0.191 e. The topological polar surface area (TPSA) is 62.5 Å². The van der Waals surface area contributed by atoms with Crippen LogP contribution in [0, 0.1) is 0 Å². The van der Waals surface area contributed by atoms with Gasteiger partial charge in [-0.15, -0.1) is 0 Å². The molecule has 0 saturated carbocycles. The maximum atomic E-state index is 4.82. The van der Waals surface area contributed by atoms with Crippen LogP contribution in [0.25, 0.3) is 0 Å². The van der Waals surface area contributed by atoms with E-state index in [1.807, 2.05) is 13.0 Å². The van der Waals surface area contributed by atoms with Crippen LogP contribution < -0.4 is 10.6 Å². The Kier molecular flexibility index (Phi) is 5.82. The fourth-order valence-corrected chi connectivity index (χ4v) is 2.07. The predicted molar refractivity (Wildman–Crippen MR) is 84.0 cm³/mol. The van der Waals surface area contributed by atoms with Crippen molar-refractivity contribution in [3.63, 3.8) is 0 Å². The minimum absolute atomic E-state index is 0.595. The number of aryl methyl sites for hydroxylation is 1. The van der Waals surface area contributed by atoms with E-state index in [-0.39, 0.29) is 0 Å². The van der Waals surface area contributed by atoms with Gasteiger partial charge in [0.2, 0.25) is 0 Å². The van der Waals surface area contributed by atoms with Crippen molar-refractivity contribution in [2.75, 3.05) is 6.54 Å². The van der Waals surface area contributed by atoms with E-state index in [9.17, 15) is 0 Å². The van der Waals surface area contributed by atoms with Crippen molar-refractivity contribution in [2.24, 2.45) is 4.99 Å². The van der Waals surface area contributed by atoms with Crippen LogP contribution in [-0.2, 0) is 19.5 Å². The molecule has 0 bridgehead atoms. The normalized spacial score (nSPS) is 11.4. The van der Waals surface area contributed by atoms with E-state index in [1.165, 1.54) is 11.1 Å². The average Bonchev–Trinajstić information content (AvgIpc) is 3.03. The molecule has 0 aliphatic heterocycles. The molecule has 0 saturated heterocycles. The molecule has 21 heavy (non-hydrogen) atoms. The van der Waals surface area contributed by atoms with E-state index in [2.05, 4.69) is 52.0 Å². The second-order valence-electron chi connectivity index (χ2n) is 4.66. The Hall–Kier alpha value is -2.30. The first-order chi connectivity index (χ1) is 10.3. The van der Waals surface area contributed by atoms with Gasteiger partial charge in [0, 0.05) is 12.6 Å². The fourth-order valence-electron chi connectivity index (χ4n) is 2.07. The summed E-state index contributed by atoms with van der Waals surface area (Å²) in [7, 11) is 0. The van der Waals surface area contributed by atoms with Gasteiger partial charge in [0.15, 0.2) is 5.96 Å². The molecule has 0 radical (unpaired) electrons. The Bertz CT molecular complexity index is 563. The van der Waals surface area contributed by atoms with Gasteiger partial charge in [-0.25, -0.2) is 4.99 Å². The van der Waals surface area contributed by atoms with Crippen molar-refractivity contribution in [3.8, 4) is 0 Å². The molecule has 1 aromatic carbocycles. The summed E-state index contributed by atoms with van der Waals surface area (Å²) in [4.78, 5) is 4.63. The molecule has 2 aromatic rings. The Morgan fingerprint density at radius 3 is 2.62 bits per heavy atom. The molecule has 1 aromatic heterocycles. The van der Waals surface area contributed by atoms with Crippen LogP contribution in [0.1, 0.15) is 30.7 Å². The minimum Gasteiger partial charge on any atom is -0.364 e. The van der Waals surface area contributed by atoms with Crippen LogP contribution >= 0.6 is 0 Å². The van der Waals surface area contributed by atoms with Crippen molar-refractivity contribution in [3.05, 3.63) is 53.4 Å². The quantitative estimate of drug-likeness (QED) is 0.632. The summed E-state index contributed by atoms with van der Waals surface area (Å²) in [5, 5.41) is 10.4. The van der Waals surface area contributed by atoms with Crippen molar-refractivity contribution in [2.45, 2.75) is 33.4 Å². The zero-order chi connectivity index (χ0) is 14.9. The van der Waals surface area contributed by atoms with Crippen LogP contribution in [0.15, 0.2) is 46.1 Å². The number of aliphatic imine (C=N–C) groups is 1. The Labute approximate surface area is 125 Å². The van der Waals surface area contributed by atoms with Gasteiger partial charge < -0.3 is 15.2 Å². The fraction of sp³-hybridized carbons (Fsp3) is 0.375. The summed E-state index contributed by atoms with van der Waals surface area (Å²) in [6.07, 6.45) is 2.59. The second-order valence-corrected chi connectivity index (χ2v) is 4.66. The van der Waals surface area contributed by atoms with Crippen molar-refractivity contribution in [1.29, 1.82) is 0 Å². The molecular formula is C16H22N4O. The minimum atomic E-state index is 0.595. The van der Waals surface area contributed by atoms with E-state index in [0.29, 0.717) is 13.1 Å². The lowest BCUT2D eigenvalue weighted by Gasteiger charge is -2.11. The molecule has 0 aliphatic carbocycles. The predicted octanol–water partition coefficient (Wildman–Crippen LogP) is 2.49. The van der Waals surface area contributed by atoms with Gasteiger partial charge in [0.05, 0.1) is 13.1 Å². The molecule has 1 heterocycles. The molecule has 5 heteroatoms. The number of rotatable bonds is 6. The highest BCUT2D eigenvalue weighted by Gasteiger charge is 2.02. The largest absolute Gasteiger partial charge is 0.364 e. The first-order valence-corrected chi connectivity index (χ1v) is 7.31. The second kappa shape index (κ2) is 8.09. The molecule has 0 spiro atoms. The number of nitrogens with zero attached hydrogens (tertiary/aromatic N) is 2. The maximum Gasteiger partial charge on any atom is 0.191 e. The molecule has 112 valence electrons. The van der Waals surface area contributed by atoms with E-state index >= 15 is 0 Å². The molecule has 0 aliphatic rings. The lowest BCUT2D eigenvalue weighted by Crippen LogP contribution is -2.36. The molecule has 0 amide bonds. The summed E-state index contributed by atoms with van der Waals surface area (Å²) in [6.45, 7) is 6.29. The maximum absolute atomic E-state index is 4.82. The van der Waals surface area contributed by atoms with Crippen molar-refractivity contribution < 1.29 is 4.52 Å². The number of guanidine groups is 1. The van der Waals surface area contributed by atoms with E-state index in [0.717, 1.165) is 24.6 Å². The standard InChI is InChI=1S/C16H22N4O/c1-3-13-7-5-6-8-14(13)11-18-16(17-4-2)19-12-15-9-10-21-20-15/h5-10H,3-4,11-12H2,1-2H3,(H2,17,18,19). The SMILES string of the molecule is CCNC(=NCc1ccccc1CC)NCc1ccon1. The van der Waals surface area contributed by atoms with Gasteiger partial charge in [-0.3, -0.25) is 0 Å². The van der Waals surface area contributed by atoms with Gasteiger partial charge in [0.1, 0.15) is 12.0 Å². The van der Waals surface area contributed by atoms with Crippen LogP contribution in [-0.4, -0.2) is 17.7 Å². The van der Waals surface area contributed by atoms with E-state index in [4.69, 9.17) is 4.52 Å². The number of aromatic nitrogens is 1. The number of hydrogen-bond donors (Lipinski definition) is 2. The molecular weight excluding hydrogens is 264 g/mol.